The van der Waals surface area contributed by atoms with Crippen LogP contribution in [0.15, 0.2) is 18.2 Å². The van der Waals surface area contributed by atoms with Crippen LogP contribution in [0.5, 0.6) is 5.75 Å². The lowest BCUT2D eigenvalue weighted by Gasteiger charge is -2.23. The molecule has 1 amide bonds. The predicted molar refractivity (Wildman–Crippen MR) is 88.9 cm³/mol. The molecule has 1 heterocycles. The Morgan fingerprint density at radius 1 is 1.46 bits per heavy atom. The summed E-state index contributed by atoms with van der Waals surface area (Å²) in [4.78, 5) is 11.6. The van der Waals surface area contributed by atoms with Gasteiger partial charge in [-0.15, -0.1) is 0 Å². The molecule has 1 aliphatic heterocycles. The third-order valence-electron chi connectivity index (χ3n) is 3.37. The molecule has 0 fully saturated rings. The van der Waals surface area contributed by atoms with Gasteiger partial charge in [0.25, 0.3) is 0 Å². The normalized spacial score (nSPS) is 16.3. The second kappa shape index (κ2) is 7.42. The first-order chi connectivity index (χ1) is 11.2. The van der Waals surface area contributed by atoms with Gasteiger partial charge >= 0.3 is 13.2 Å². The van der Waals surface area contributed by atoms with Crippen molar-refractivity contribution >= 4 is 18.7 Å². The van der Waals surface area contributed by atoms with Gasteiger partial charge in [-0.3, -0.25) is 5.32 Å². The van der Waals surface area contributed by atoms with E-state index in [4.69, 9.17) is 14.1 Å². The van der Waals surface area contributed by atoms with Crippen LogP contribution in [-0.4, -0.2) is 41.3 Å². The van der Waals surface area contributed by atoms with Crippen LogP contribution in [0.25, 0.3) is 0 Å². The van der Waals surface area contributed by atoms with Crippen molar-refractivity contribution < 1.29 is 29.1 Å². The Kier molecular flexibility index (Phi) is 5.74. The van der Waals surface area contributed by atoms with E-state index >= 15 is 0 Å². The quantitative estimate of drug-likeness (QED) is 0.546. The van der Waals surface area contributed by atoms with Gasteiger partial charge in [0.05, 0.1) is 6.61 Å². The smallest absolute Gasteiger partial charge is 0.491 e. The summed E-state index contributed by atoms with van der Waals surface area (Å²) in [6.45, 7) is 7.34. The molecule has 0 spiro atoms. The predicted octanol–water partition coefficient (Wildman–Crippen LogP) is 0.905. The average molecular weight is 337 g/mol. The van der Waals surface area contributed by atoms with E-state index in [2.05, 4.69) is 5.32 Å². The van der Waals surface area contributed by atoms with Crippen LogP contribution in [-0.2, 0) is 16.0 Å². The molecule has 8 heteroatoms. The van der Waals surface area contributed by atoms with Crippen molar-refractivity contribution in [2.75, 3.05) is 0 Å². The Balaban J connectivity index is 1.89. The van der Waals surface area contributed by atoms with Crippen molar-refractivity contribution in [2.45, 2.75) is 58.7 Å². The van der Waals surface area contributed by atoms with Crippen molar-refractivity contribution in [2.24, 2.45) is 0 Å². The number of alkyl carbamates (subject to hydrolysis) is 1. The van der Waals surface area contributed by atoms with Crippen LogP contribution in [0.1, 0.15) is 39.7 Å². The van der Waals surface area contributed by atoms with Crippen molar-refractivity contribution in [1.29, 1.82) is 0 Å². The molecule has 1 aliphatic rings. The first kappa shape index (κ1) is 18.6. The van der Waals surface area contributed by atoms with E-state index in [0.29, 0.717) is 17.8 Å². The van der Waals surface area contributed by atoms with Crippen molar-refractivity contribution in [3.8, 4) is 5.75 Å². The number of nitrogens with one attached hydrogen (secondary N) is 1. The van der Waals surface area contributed by atoms with E-state index in [1.54, 1.807) is 33.8 Å². The first-order valence-electron chi connectivity index (χ1n) is 7.91. The number of carbonyl (C=O) groups is 1. The molecule has 0 aliphatic carbocycles. The van der Waals surface area contributed by atoms with Crippen LogP contribution < -0.4 is 15.5 Å². The monoisotopic (exact) mass is 337 g/mol. The number of carbonyl (C=O) groups excluding carboxylic acids is 1. The van der Waals surface area contributed by atoms with Crippen LogP contribution in [0, 0.1) is 0 Å². The molecule has 2 rings (SSSR count). The van der Waals surface area contributed by atoms with Crippen LogP contribution in [0.3, 0.4) is 0 Å². The molecule has 0 radical (unpaired) electrons. The largest absolute Gasteiger partial charge is 0.495 e. The number of hydrogen-bond donors (Lipinski definition) is 3. The third-order valence-corrected chi connectivity index (χ3v) is 3.37. The number of benzene rings is 1. The number of aliphatic hydroxyl groups is 1. The van der Waals surface area contributed by atoms with Crippen LogP contribution in [0.2, 0.25) is 0 Å². The highest BCUT2D eigenvalue weighted by atomic mass is 16.6. The van der Waals surface area contributed by atoms with Gasteiger partial charge in [-0.1, -0.05) is 12.1 Å². The van der Waals surface area contributed by atoms with E-state index in [1.165, 1.54) is 0 Å². The molecule has 0 saturated carbocycles. The van der Waals surface area contributed by atoms with Crippen LogP contribution in [0.4, 0.5) is 4.79 Å². The Bertz CT molecular complexity index is 588. The van der Waals surface area contributed by atoms with E-state index in [0.717, 1.165) is 5.56 Å². The molecule has 0 aromatic heterocycles. The Hall–Kier alpha value is -1.77. The molecule has 3 N–H and O–H groups in total. The molecule has 132 valence electrons. The summed E-state index contributed by atoms with van der Waals surface area (Å²) < 4.78 is 16.0. The minimum Gasteiger partial charge on any atom is -0.491 e. The molecule has 2 atom stereocenters. The summed E-state index contributed by atoms with van der Waals surface area (Å²) in [6, 6.07) is 5.42. The first-order valence-corrected chi connectivity index (χ1v) is 7.91. The summed E-state index contributed by atoms with van der Waals surface area (Å²) >= 11 is 0. The maximum Gasteiger partial charge on any atom is 0.495 e. The fourth-order valence-electron chi connectivity index (χ4n) is 2.43. The van der Waals surface area contributed by atoms with Gasteiger partial charge in [0.1, 0.15) is 23.7 Å². The summed E-state index contributed by atoms with van der Waals surface area (Å²) in [7, 11) is -1.01. The minimum absolute atomic E-state index is 0.167. The lowest BCUT2D eigenvalue weighted by Crippen LogP contribution is -2.41. The van der Waals surface area contributed by atoms with Crippen molar-refractivity contribution in [1.82, 2.24) is 5.32 Å². The molecule has 0 saturated heterocycles. The van der Waals surface area contributed by atoms with Crippen LogP contribution >= 0.6 is 0 Å². The fourth-order valence-corrected chi connectivity index (χ4v) is 2.43. The molecular weight excluding hydrogens is 313 g/mol. The number of rotatable bonds is 5. The molecule has 0 bridgehead atoms. The number of aliphatic hydroxyl groups excluding tert-OH is 1. The minimum atomic E-state index is -1.10. The fraction of sp³-hybridized carbons (Fsp3) is 0.562. The maximum absolute atomic E-state index is 11.6. The zero-order valence-corrected chi connectivity index (χ0v) is 14.4. The van der Waals surface area contributed by atoms with Crippen molar-refractivity contribution in [3.63, 3.8) is 0 Å². The van der Waals surface area contributed by atoms with Crippen molar-refractivity contribution in [3.05, 3.63) is 23.8 Å². The lowest BCUT2D eigenvalue weighted by molar-refractivity contribution is 0.0272. The van der Waals surface area contributed by atoms with Gasteiger partial charge < -0.3 is 24.3 Å². The molecule has 24 heavy (non-hydrogen) atoms. The molecule has 1 unspecified atom stereocenters. The number of hydrogen-bond acceptors (Lipinski definition) is 6. The zero-order valence-electron chi connectivity index (χ0n) is 14.4. The molecule has 7 nitrogen and oxygen atoms in total. The lowest BCUT2D eigenvalue weighted by atomic mass is 9.79. The highest BCUT2D eigenvalue weighted by Crippen LogP contribution is 2.20. The zero-order chi connectivity index (χ0) is 17.9. The summed E-state index contributed by atoms with van der Waals surface area (Å²) in [5.41, 5.74) is 0.852. The topological polar surface area (TPSA) is 97.3 Å². The number of fused-ring (bicyclic) bond motifs is 1. The Labute approximate surface area is 142 Å². The van der Waals surface area contributed by atoms with Gasteiger partial charge in [-0.25, -0.2) is 4.79 Å². The van der Waals surface area contributed by atoms with E-state index < -0.39 is 31.1 Å². The van der Waals surface area contributed by atoms with Gasteiger partial charge in [-0.2, -0.15) is 0 Å². The van der Waals surface area contributed by atoms with E-state index in [9.17, 15) is 14.9 Å². The Morgan fingerprint density at radius 2 is 2.17 bits per heavy atom. The van der Waals surface area contributed by atoms with Gasteiger partial charge in [0.2, 0.25) is 0 Å². The summed E-state index contributed by atoms with van der Waals surface area (Å²) in [5, 5.41) is 22.2. The van der Waals surface area contributed by atoms with E-state index in [1.807, 2.05) is 12.1 Å². The molecule has 1 aromatic carbocycles. The van der Waals surface area contributed by atoms with Gasteiger partial charge in [-0.05, 0) is 39.3 Å². The summed E-state index contributed by atoms with van der Waals surface area (Å²) in [5.74, 6) is 0.509. The second-order valence-corrected chi connectivity index (χ2v) is 6.82. The summed E-state index contributed by atoms with van der Waals surface area (Å²) in [6.07, 6.45) is -2.02. The average Bonchev–Trinajstić information content (AvgIpc) is 2.78. The number of ether oxygens (including phenoxy) is 2. The highest BCUT2D eigenvalue weighted by Gasteiger charge is 2.31. The standard InChI is InChI=1S/C16H24BNO6/c1-10(8-13(19)18-15(20)24-16(2,3)4)23-12-7-5-6-11-9-22-17(21)14(11)12/h5-7,10,13,19,21H,8-9H2,1-4H3,(H,18,20)/t10-,13?/m0/s1. The van der Waals surface area contributed by atoms with Gasteiger partial charge in [0.15, 0.2) is 0 Å². The second-order valence-electron chi connectivity index (χ2n) is 6.82. The molecular formula is C16H24BNO6. The Morgan fingerprint density at radius 3 is 2.83 bits per heavy atom. The molecule has 1 aromatic rings. The van der Waals surface area contributed by atoms with E-state index in [-0.39, 0.29) is 6.42 Å². The number of amides is 1. The highest BCUT2D eigenvalue weighted by molar-refractivity contribution is 6.62. The van der Waals surface area contributed by atoms with Gasteiger partial charge in [0, 0.05) is 11.9 Å². The maximum atomic E-state index is 11.6. The SMILES string of the molecule is C[C@@H](CC(O)NC(=O)OC(C)(C)C)Oc1cccc2c1B(O)OC2. The third kappa shape index (κ3) is 5.12.